The van der Waals surface area contributed by atoms with Crippen LogP contribution in [-0.4, -0.2) is 54.7 Å². The Morgan fingerprint density at radius 2 is 1.89 bits per heavy atom. The van der Waals surface area contributed by atoms with Crippen LogP contribution in [-0.2, 0) is 9.47 Å². The molecule has 18 heavy (non-hydrogen) atoms. The number of hydrogen-bond donors (Lipinski definition) is 1. The molecule has 1 saturated heterocycles. The average Bonchev–Trinajstić information content (AvgIpc) is 2.68. The number of hydrogen-bond acceptors (Lipinski definition) is 4. The van der Waals surface area contributed by atoms with Gasteiger partial charge < -0.3 is 19.5 Å². The Morgan fingerprint density at radius 3 is 2.44 bits per heavy atom. The van der Waals surface area contributed by atoms with Gasteiger partial charge in [-0.2, -0.15) is 0 Å². The van der Waals surface area contributed by atoms with Gasteiger partial charge in [0, 0.05) is 25.4 Å². The number of aliphatic hydroxyl groups excluding tert-OH is 1. The minimum Gasteiger partial charge on any atom is -0.391 e. The van der Waals surface area contributed by atoms with Crippen molar-refractivity contribution < 1.29 is 14.6 Å². The molecule has 1 spiro atoms. The van der Waals surface area contributed by atoms with Crippen molar-refractivity contribution in [3.8, 4) is 0 Å². The summed E-state index contributed by atoms with van der Waals surface area (Å²) >= 11 is 0. The van der Waals surface area contributed by atoms with Crippen LogP contribution < -0.4 is 0 Å². The van der Waals surface area contributed by atoms with Gasteiger partial charge in [-0.15, -0.1) is 0 Å². The third-order valence-corrected chi connectivity index (χ3v) is 3.89. The largest absolute Gasteiger partial charge is 0.391 e. The molecule has 2 atom stereocenters. The first-order valence-electron chi connectivity index (χ1n) is 6.98. The lowest BCUT2D eigenvalue weighted by Crippen LogP contribution is -2.53. The van der Waals surface area contributed by atoms with E-state index in [1.807, 2.05) is 0 Å². The van der Waals surface area contributed by atoms with E-state index in [2.05, 4.69) is 32.7 Å². The van der Waals surface area contributed by atoms with Crippen LogP contribution in [0.25, 0.3) is 0 Å². The van der Waals surface area contributed by atoms with Crippen molar-refractivity contribution in [2.75, 3.05) is 26.8 Å². The Balaban J connectivity index is 2.01. The topological polar surface area (TPSA) is 41.9 Å². The molecule has 1 saturated carbocycles. The molecule has 0 amide bonds. The molecule has 4 heteroatoms. The minimum atomic E-state index is -0.421. The second-order valence-corrected chi connectivity index (χ2v) is 6.96. The van der Waals surface area contributed by atoms with Gasteiger partial charge in [-0.3, -0.25) is 0 Å². The van der Waals surface area contributed by atoms with Crippen molar-refractivity contribution in [3.63, 3.8) is 0 Å². The van der Waals surface area contributed by atoms with E-state index in [1.54, 1.807) is 0 Å². The zero-order chi connectivity index (χ0) is 13.4. The van der Waals surface area contributed by atoms with E-state index in [9.17, 15) is 5.11 Å². The molecule has 106 valence electrons. The standard InChI is InChI=1S/C14H27NO3/c1-13(2,3)10-15(4)11-9-14(6-5-12(11)16)17-7-8-18-14/h11-12,16H,5-10H2,1-4H3. The maximum atomic E-state index is 10.2. The molecule has 4 nitrogen and oxygen atoms in total. The summed E-state index contributed by atoms with van der Waals surface area (Å²) in [5.41, 5.74) is 0.233. The molecule has 2 unspecified atom stereocenters. The van der Waals surface area contributed by atoms with Crippen molar-refractivity contribution in [2.45, 2.75) is 58.0 Å². The Hall–Kier alpha value is -0.160. The summed E-state index contributed by atoms with van der Waals surface area (Å²) in [6, 6.07) is 0.135. The van der Waals surface area contributed by atoms with E-state index < -0.39 is 5.79 Å². The monoisotopic (exact) mass is 257 g/mol. The first kappa shape index (κ1) is 14.3. The quantitative estimate of drug-likeness (QED) is 0.816. The van der Waals surface area contributed by atoms with Crippen LogP contribution in [0.15, 0.2) is 0 Å². The van der Waals surface area contributed by atoms with Crippen molar-refractivity contribution >= 4 is 0 Å². The van der Waals surface area contributed by atoms with Gasteiger partial charge in [0.2, 0.25) is 0 Å². The molecule has 1 aliphatic carbocycles. The summed E-state index contributed by atoms with van der Waals surface area (Å²) < 4.78 is 11.6. The summed E-state index contributed by atoms with van der Waals surface area (Å²) in [6.07, 6.45) is 2.09. The molecule has 2 rings (SSSR count). The van der Waals surface area contributed by atoms with Gasteiger partial charge in [-0.1, -0.05) is 20.8 Å². The molecule has 1 N–H and O–H groups in total. The maximum absolute atomic E-state index is 10.2. The molecular formula is C14H27NO3. The Morgan fingerprint density at radius 1 is 1.28 bits per heavy atom. The van der Waals surface area contributed by atoms with Crippen LogP contribution in [0.3, 0.4) is 0 Å². The van der Waals surface area contributed by atoms with Crippen LogP contribution in [0.2, 0.25) is 0 Å². The second kappa shape index (κ2) is 5.08. The highest BCUT2D eigenvalue weighted by Crippen LogP contribution is 2.38. The average molecular weight is 257 g/mol. The zero-order valence-corrected chi connectivity index (χ0v) is 12.1. The van der Waals surface area contributed by atoms with Crippen LogP contribution in [0.5, 0.6) is 0 Å². The smallest absolute Gasteiger partial charge is 0.170 e. The van der Waals surface area contributed by atoms with E-state index in [4.69, 9.17) is 9.47 Å². The van der Waals surface area contributed by atoms with E-state index in [1.165, 1.54) is 0 Å². The van der Waals surface area contributed by atoms with Crippen molar-refractivity contribution in [1.82, 2.24) is 4.90 Å². The number of ether oxygens (including phenoxy) is 2. The van der Waals surface area contributed by atoms with Gasteiger partial charge in [-0.25, -0.2) is 0 Å². The molecule has 0 bridgehead atoms. The van der Waals surface area contributed by atoms with E-state index in [0.717, 1.165) is 25.8 Å². The summed E-state index contributed by atoms with van der Waals surface area (Å²) in [5.74, 6) is -0.421. The highest BCUT2D eigenvalue weighted by atomic mass is 16.7. The fourth-order valence-corrected chi connectivity index (χ4v) is 3.19. The molecule has 1 heterocycles. The Labute approximate surface area is 110 Å². The van der Waals surface area contributed by atoms with Gasteiger partial charge in [-0.05, 0) is 18.9 Å². The lowest BCUT2D eigenvalue weighted by Gasteiger charge is -2.44. The SMILES string of the molecule is CN(CC(C)(C)C)C1CC2(CCC1O)OCCO2. The Kier molecular flexibility index (Phi) is 4.02. The lowest BCUT2D eigenvalue weighted by molar-refractivity contribution is -0.204. The molecule has 1 aliphatic heterocycles. The summed E-state index contributed by atoms with van der Waals surface area (Å²) in [5, 5.41) is 10.2. The van der Waals surface area contributed by atoms with Gasteiger partial charge in [0.15, 0.2) is 5.79 Å². The summed E-state index contributed by atoms with van der Waals surface area (Å²) in [7, 11) is 2.09. The normalized spacial score (nSPS) is 32.3. The molecule has 2 aliphatic rings. The highest BCUT2D eigenvalue weighted by molar-refractivity contribution is 4.93. The zero-order valence-electron chi connectivity index (χ0n) is 12.1. The van der Waals surface area contributed by atoms with Gasteiger partial charge in [0.1, 0.15) is 0 Å². The third kappa shape index (κ3) is 3.23. The molecule has 0 aromatic heterocycles. The van der Waals surface area contributed by atoms with Crippen molar-refractivity contribution in [3.05, 3.63) is 0 Å². The third-order valence-electron chi connectivity index (χ3n) is 3.89. The Bertz CT molecular complexity index is 281. The first-order chi connectivity index (χ1) is 8.31. The minimum absolute atomic E-state index is 0.135. The highest BCUT2D eigenvalue weighted by Gasteiger charge is 2.46. The van der Waals surface area contributed by atoms with Crippen LogP contribution in [0.1, 0.15) is 40.0 Å². The lowest BCUT2D eigenvalue weighted by atomic mass is 9.85. The number of likely N-dealkylation sites (N-methyl/N-ethyl adjacent to an activating group) is 1. The van der Waals surface area contributed by atoms with Crippen molar-refractivity contribution in [1.29, 1.82) is 0 Å². The van der Waals surface area contributed by atoms with Crippen LogP contribution in [0.4, 0.5) is 0 Å². The second-order valence-electron chi connectivity index (χ2n) is 6.96. The number of aliphatic hydroxyl groups is 1. The van der Waals surface area contributed by atoms with E-state index in [0.29, 0.717) is 13.2 Å². The van der Waals surface area contributed by atoms with Gasteiger partial charge in [0.05, 0.1) is 19.3 Å². The summed E-state index contributed by atoms with van der Waals surface area (Å²) in [4.78, 5) is 2.26. The molecule has 0 aromatic rings. The van der Waals surface area contributed by atoms with Gasteiger partial charge >= 0.3 is 0 Å². The van der Waals surface area contributed by atoms with E-state index >= 15 is 0 Å². The molecule has 0 aromatic carbocycles. The fourth-order valence-electron chi connectivity index (χ4n) is 3.19. The van der Waals surface area contributed by atoms with Crippen molar-refractivity contribution in [2.24, 2.45) is 5.41 Å². The van der Waals surface area contributed by atoms with Crippen LogP contribution >= 0.6 is 0 Å². The van der Waals surface area contributed by atoms with E-state index in [-0.39, 0.29) is 17.6 Å². The predicted molar refractivity (Wildman–Crippen MR) is 70.4 cm³/mol. The van der Waals surface area contributed by atoms with Crippen LogP contribution in [0, 0.1) is 5.41 Å². The molecular weight excluding hydrogens is 230 g/mol. The van der Waals surface area contributed by atoms with Gasteiger partial charge in [0.25, 0.3) is 0 Å². The number of rotatable bonds is 2. The molecule has 2 fully saturated rings. The first-order valence-corrected chi connectivity index (χ1v) is 6.98. The predicted octanol–water partition coefficient (Wildman–Crippen LogP) is 1.62. The fraction of sp³-hybridized carbons (Fsp3) is 1.00. The molecule has 0 radical (unpaired) electrons. The summed E-state index contributed by atoms with van der Waals surface area (Å²) in [6.45, 7) is 8.99. The maximum Gasteiger partial charge on any atom is 0.170 e. The number of nitrogens with zero attached hydrogens (tertiary/aromatic N) is 1.